The molecule has 1 saturated heterocycles. The summed E-state index contributed by atoms with van der Waals surface area (Å²) in [6.45, 7) is 4.60. The summed E-state index contributed by atoms with van der Waals surface area (Å²) in [5.41, 5.74) is 6.88. The maximum atomic E-state index is 13.1. The summed E-state index contributed by atoms with van der Waals surface area (Å²) in [4.78, 5) is 11.9. The smallest absolute Gasteiger partial charge is 0.408 e. The van der Waals surface area contributed by atoms with E-state index in [0.717, 1.165) is 19.3 Å². The lowest BCUT2D eigenvalue weighted by Crippen LogP contribution is -2.51. The van der Waals surface area contributed by atoms with Crippen LogP contribution in [0.2, 0.25) is 0 Å². The van der Waals surface area contributed by atoms with Gasteiger partial charge in [0.25, 0.3) is 0 Å². The molecule has 2 N–H and O–H groups in total. The van der Waals surface area contributed by atoms with Gasteiger partial charge in [-0.3, -0.25) is 4.57 Å². The van der Waals surface area contributed by atoms with E-state index in [1.807, 2.05) is 13.8 Å². The number of hydrogen-bond acceptors (Lipinski definition) is 5. The van der Waals surface area contributed by atoms with Gasteiger partial charge in [0.05, 0.1) is 10.4 Å². The van der Waals surface area contributed by atoms with Crippen LogP contribution >= 0.6 is 12.4 Å². The van der Waals surface area contributed by atoms with Crippen LogP contribution in [0.1, 0.15) is 33.1 Å². The predicted octanol–water partition coefficient (Wildman–Crippen LogP) is 1.93. The zero-order chi connectivity index (χ0) is 17.5. The highest BCUT2D eigenvalue weighted by atomic mass is 35.5. The number of fused-ring (bicyclic) bond motifs is 1. The fraction of sp³-hybridized carbons (Fsp3) is 0.562. The van der Waals surface area contributed by atoms with Crippen LogP contribution in [0.3, 0.4) is 0 Å². The minimum atomic E-state index is -3.68. The van der Waals surface area contributed by atoms with Crippen LogP contribution < -0.4 is 11.5 Å². The first kappa shape index (κ1) is 20.0. The summed E-state index contributed by atoms with van der Waals surface area (Å²) in [6.07, 6.45) is 2.57. The minimum absolute atomic E-state index is 0. The third kappa shape index (κ3) is 3.48. The average molecular weight is 390 g/mol. The Morgan fingerprint density at radius 3 is 2.72 bits per heavy atom. The highest BCUT2D eigenvalue weighted by molar-refractivity contribution is 7.89. The molecule has 2 atom stereocenters. The molecule has 1 aromatic heterocycles. The third-order valence-corrected chi connectivity index (χ3v) is 6.59. The number of benzene rings is 1. The molecule has 9 heteroatoms. The summed E-state index contributed by atoms with van der Waals surface area (Å²) in [6, 6.07) is 4.16. The van der Waals surface area contributed by atoms with E-state index >= 15 is 0 Å². The SMILES string of the molecule is CCn1c(=O)oc2cc(S(=O)(=O)N3CCCCC3C(C)N)ccc21.Cl. The second-order valence-electron chi connectivity index (χ2n) is 6.28. The third-order valence-electron chi connectivity index (χ3n) is 4.67. The van der Waals surface area contributed by atoms with Crippen LogP contribution in [-0.4, -0.2) is 35.9 Å². The number of halogens is 1. The van der Waals surface area contributed by atoms with Crippen molar-refractivity contribution in [2.45, 2.75) is 56.6 Å². The molecular weight excluding hydrogens is 366 g/mol. The summed E-state index contributed by atoms with van der Waals surface area (Å²) < 4.78 is 34.3. The number of rotatable bonds is 4. The largest absolute Gasteiger partial charge is 0.419 e. The van der Waals surface area contributed by atoms with Crippen molar-refractivity contribution in [3.63, 3.8) is 0 Å². The number of aryl methyl sites for hydroxylation is 1. The van der Waals surface area contributed by atoms with E-state index in [9.17, 15) is 13.2 Å². The maximum Gasteiger partial charge on any atom is 0.419 e. The number of aromatic nitrogens is 1. The van der Waals surface area contributed by atoms with E-state index in [4.69, 9.17) is 10.2 Å². The van der Waals surface area contributed by atoms with Gasteiger partial charge in [-0.05, 0) is 38.8 Å². The standard InChI is InChI=1S/C16H23N3O4S.ClH/c1-3-18-14-8-7-12(10-15(14)23-16(18)20)24(21,22)19-9-5-4-6-13(19)11(2)17;/h7-8,10-11,13H,3-6,9,17H2,1-2H3;1H. The summed E-state index contributed by atoms with van der Waals surface area (Å²) in [5, 5.41) is 0. The molecule has 0 spiro atoms. The van der Waals surface area contributed by atoms with Crippen LogP contribution in [0.25, 0.3) is 11.1 Å². The highest BCUT2D eigenvalue weighted by Gasteiger charge is 2.35. The predicted molar refractivity (Wildman–Crippen MR) is 98.6 cm³/mol. The van der Waals surface area contributed by atoms with E-state index in [2.05, 4.69) is 0 Å². The van der Waals surface area contributed by atoms with Crippen molar-refractivity contribution in [3.05, 3.63) is 28.7 Å². The Hall–Kier alpha value is -1.35. The molecule has 1 aromatic carbocycles. The Labute approximate surface area is 153 Å². The van der Waals surface area contributed by atoms with Crippen LogP contribution in [0, 0.1) is 0 Å². The number of oxazole rings is 1. The molecule has 25 heavy (non-hydrogen) atoms. The van der Waals surface area contributed by atoms with Crippen molar-refractivity contribution in [2.24, 2.45) is 5.73 Å². The van der Waals surface area contributed by atoms with E-state index in [-0.39, 0.29) is 35.0 Å². The molecule has 3 rings (SSSR count). The van der Waals surface area contributed by atoms with Gasteiger partial charge in [0, 0.05) is 31.2 Å². The molecule has 1 fully saturated rings. The van der Waals surface area contributed by atoms with E-state index in [1.54, 1.807) is 6.07 Å². The van der Waals surface area contributed by atoms with Crippen LogP contribution in [0.4, 0.5) is 0 Å². The minimum Gasteiger partial charge on any atom is -0.408 e. The summed E-state index contributed by atoms with van der Waals surface area (Å²) in [7, 11) is -3.68. The first-order valence-electron chi connectivity index (χ1n) is 8.27. The normalized spacial score (nSPS) is 20.4. The Bertz CT molecular complexity index is 904. The van der Waals surface area contributed by atoms with E-state index in [0.29, 0.717) is 18.6 Å². The van der Waals surface area contributed by atoms with Crippen molar-refractivity contribution in [1.82, 2.24) is 8.87 Å². The van der Waals surface area contributed by atoms with Gasteiger partial charge >= 0.3 is 5.76 Å². The Balaban J connectivity index is 0.00000225. The molecular formula is C16H24ClN3O4S. The second kappa shape index (κ2) is 7.49. The fourth-order valence-corrected chi connectivity index (χ4v) is 5.19. The fourth-order valence-electron chi connectivity index (χ4n) is 3.40. The van der Waals surface area contributed by atoms with Gasteiger partial charge in [0.1, 0.15) is 0 Å². The van der Waals surface area contributed by atoms with Gasteiger partial charge < -0.3 is 10.2 Å². The van der Waals surface area contributed by atoms with Gasteiger partial charge in [-0.25, -0.2) is 13.2 Å². The summed E-state index contributed by atoms with van der Waals surface area (Å²) in [5.74, 6) is -0.478. The van der Waals surface area contributed by atoms with E-state index < -0.39 is 15.8 Å². The number of nitrogens with zero attached hydrogens (tertiary/aromatic N) is 2. The first-order chi connectivity index (χ1) is 11.4. The molecule has 2 unspecified atom stereocenters. The van der Waals surface area contributed by atoms with Crippen molar-refractivity contribution in [3.8, 4) is 0 Å². The first-order valence-corrected chi connectivity index (χ1v) is 9.71. The maximum absolute atomic E-state index is 13.1. The Kier molecular flexibility index (Phi) is 5.98. The molecule has 2 heterocycles. The zero-order valence-electron chi connectivity index (χ0n) is 14.3. The Morgan fingerprint density at radius 2 is 2.08 bits per heavy atom. The molecule has 0 aliphatic carbocycles. The number of hydrogen-bond donors (Lipinski definition) is 1. The van der Waals surface area contributed by atoms with Crippen molar-refractivity contribution in [2.75, 3.05) is 6.54 Å². The second-order valence-corrected chi connectivity index (χ2v) is 8.17. The van der Waals surface area contributed by atoms with Crippen molar-refractivity contribution in [1.29, 1.82) is 0 Å². The lowest BCUT2D eigenvalue weighted by molar-refractivity contribution is 0.227. The van der Waals surface area contributed by atoms with Crippen molar-refractivity contribution >= 4 is 33.5 Å². The average Bonchev–Trinajstić information content (AvgIpc) is 2.88. The number of sulfonamides is 1. The molecule has 1 aliphatic rings. The van der Waals surface area contributed by atoms with Crippen molar-refractivity contribution < 1.29 is 12.8 Å². The van der Waals surface area contributed by atoms with Crippen LogP contribution in [0.5, 0.6) is 0 Å². The number of nitrogens with two attached hydrogens (primary N) is 1. The molecule has 2 aromatic rings. The topological polar surface area (TPSA) is 98.5 Å². The monoisotopic (exact) mass is 389 g/mol. The zero-order valence-corrected chi connectivity index (χ0v) is 16.0. The molecule has 0 saturated carbocycles. The van der Waals surface area contributed by atoms with Gasteiger partial charge in [-0.15, -0.1) is 12.4 Å². The van der Waals surface area contributed by atoms with Gasteiger partial charge in [-0.1, -0.05) is 6.42 Å². The van der Waals surface area contributed by atoms with E-state index in [1.165, 1.54) is 21.0 Å². The van der Waals surface area contributed by atoms with Crippen LogP contribution in [-0.2, 0) is 16.6 Å². The summed E-state index contributed by atoms with van der Waals surface area (Å²) >= 11 is 0. The van der Waals surface area contributed by atoms with Gasteiger partial charge in [-0.2, -0.15) is 4.31 Å². The van der Waals surface area contributed by atoms with Gasteiger partial charge in [0.15, 0.2) is 5.58 Å². The molecule has 0 amide bonds. The number of piperidine rings is 1. The molecule has 1 aliphatic heterocycles. The highest BCUT2D eigenvalue weighted by Crippen LogP contribution is 2.28. The molecule has 0 radical (unpaired) electrons. The van der Waals surface area contributed by atoms with Gasteiger partial charge in [0.2, 0.25) is 10.0 Å². The molecule has 7 nitrogen and oxygen atoms in total. The van der Waals surface area contributed by atoms with Crippen LogP contribution in [0.15, 0.2) is 32.3 Å². The lowest BCUT2D eigenvalue weighted by atomic mass is 10.00. The molecule has 0 bridgehead atoms. The lowest BCUT2D eigenvalue weighted by Gasteiger charge is -2.36. The Morgan fingerprint density at radius 1 is 1.36 bits per heavy atom. The quantitative estimate of drug-likeness (QED) is 0.861. The molecule has 140 valence electrons.